The third-order valence-corrected chi connectivity index (χ3v) is 2.38. The van der Waals surface area contributed by atoms with Crippen molar-refractivity contribution in [3.05, 3.63) is 48.4 Å². The first-order chi connectivity index (χ1) is 8.83. The Morgan fingerprint density at radius 2 is 1.83 bits per heavy atom. The molecule has 0 aliphatic carbocycles. The van der Waals surface area contributed by atoms with Crippen molar-refractivity contribution in [2.75, 3.05) is 0 Å². The zero-order valence-corrected chi connectivity index (χ0v) is 10.8. The molecule has 0 aliphatic rings. The number of imidazole rings is 1. The van der Waals surface area contributed by atoms with E-state index < -0.39 is 0 Å². The number of fused-ring (bicyclic) bond motifs is 1. The maximum Gasteiger partial charge on any atom is 0.154 e. The predicted octanol–water partition coefficient (Wildman–Crippen LogP) is 3.13. The minimum atomic E-state index is 0.839. The third-order valence-electron chi connectivity index (χ3n) is 2.38. The molecule has 18 heavy (non-hydrogen) atoms. The first-order valence-corrected chi connectivity index (χ1v) is 6.07. The summed E-state index contributed by atoms with van der Waals surface area (Å²) in [6, 6.07) is 9.68. The van der Waals surface area contributed by atoms with Gasteiger partial charge in [0.05, 0.1) is 17.6 Å². The van der Waals surface area contributed by atoms with Gasteiger partial charge in [0.1, 0.15) is 5.69 Å². The summed E-state index contributed by atoms with van der Waals surface area (Å²) in [7, 11) is 0. The molecule has 3 rings (SSSR count). The smallest absolute Gasteiger partial charge is 0.154 e. The Morgan fingerprint density at radius 3 is 2.56 bits per heavy atom. The van der Waals surface area contributed by atoms with Gasteiger partial charge in [0.25, 0.3) is 0 Å². The van der Waals surface area contributed by atoms with Crippen LogP contribution in [0.3, 0.4) is 0 Å². The summed E-state index contributed by atoms with van der Waals surface area (Å²) in [4.78, 5) is 8.73. The van der Waals surface area contributed by atoms with Gasteiger partial charge in [0, 0.05) is 6.20 Å². The van der Waals surface area contributed by atoms with Crippen LogP contribution in [0.15, 0.2) is 42.7 Å². The van der Waals surface area contributed by atoms with Crippen LogP contribution in [0.25, 0.3) is 17.0 Å². The van der Waals surface area contributed by atoms with E-state index in [0.29, 0.717) is 0 Å². The summed E-state index contributed by atoms with van der Waals surface area (Å²) >= 11 is 0. The van der Waals surface area contributed by atoms with Gasteiger partial charge in [-0.15, -0.1) is 0 Å². The van der Waals surface area contributed by atoms with Gasteiger partial charge in [-0.3, -0.25) is 4.98 Å². The number of aryl methyl sites for hydroxylation is 1. The Kier molecular flexibility index (Phi) is 3.67. The summed E-state index contributed by atoms with van der Waals surface area (Å²) < 4.78 is 1.78. The van der Waals surface area contributed by atoms with Crippen LogP contribution >= 0.6 is 0 Å². The lowest BCUT2D eigenvalue weighted by Crippen LogP contribution is -1.91. The normalized spacial score (nSPS) is 9.94. The lowest BCUT2D eigenvalue weighted by atomic mass is 10.3. The molecule has 0 aliphatic heterocycles. The fraction of sp³-hybridized carbons (Fsp3) is 0.214. The van der Waals surface area contributed by atoms with E-state index in [9.17, 15) is 0 Å². The molecule has 0 saturated carbocycles. The molecule has 0 N–H and O–H groups in total. The van der Waals surface area contributed by atoms with Gasteiger partial charge >= 0.3 is 0 Å². The molecule has 0 fully saturated rings. The van der Waals surface area contributed by atoms with Crippen LogP contribution in [0.1, 0.15) is 19.5 Å². The van der Waals surface area contributed by atoms with E-state index in [1.54, 1.807) is 10.7 Å². The van der Waals surface area contributed by atoms with E-state index >= 15 is 0 Å². The Balaban J connectivity index is 0.000000574. The topological polar surface area (TPSA) is 43.1 Å². The maximum absolute atomic E-state index is 4.46. The lowest BCUT2D eigenvalue weighted by molar-refractivity contribution is 0.901. The monoisotopic (exact) mass is 240 g/mol. The molecule has 4 heteroatoms. The molecule has 3 aromatic heterocycles. The molecule has 0 saturated heterocycles. The average molecular weight is 240 g/mol. The highest BCUT2D eigenvalue weighted by Crippen LogP contribution is 2.15. The standard InChI is InChI=1S/C12H10N4.C2H6/c1-9-5-6-12-14-11(8-16(12)15-9)10-4-2-3-7-13-10;1-2/h2-8H,1H3;1-2H3. The largest absolute Gasteiger partial charge is 0.255 e. The highest BCUT2D eigenvalue weighted by molar-refractivity contribution is 5.57. The van der Waals surface area contributed by atoms with Crippen molar-refractivity contribution in [2.45, 2.75) is 20.8 Å². The number of pyridine rings is 1. The van der Waals surface area contributed by atoms with Crippen molar-refractivity contribution in [3.63, 3.8) is 0 Å². The van der Waals surface area contributed by atoms with E-state index in [0.717, 1.165) is 22.7 Å². The molecule has 4 nitrogen and oxygen atoms in total. The number of aromatic nitrogens is 4. The lowest BCUT2D eigenvalue weighted by Gasteiger charge is -1.92. The van der Waals surface area contributed by atoms with Crippen molar-refractivity contribution < 1.29 is 0 Å². The molecule has 3 heterocycles. The van der Waals surface area contributed by atoms with Gasteiger partial charge in [-0.05, 0) is 31.2 Å². The second kappa shape index (κ2) is 5.40. The van der Waals surface area contributed by atoms with Crippen LogP contribution in [0.4, 0.5) is 0 Å². The Hall–Kier alpha value is -2.23. The van der Waals surface area contributed by atoms with Gasteiger partial charge in [0.2, 0.25) is 0 Å². The molecule has 0 atom stereocenters. The van der Waals surface area contributed by atoms with Crippen LogP contribution in [0.2, 0.25) is 0 Å². The molecule has 0 amide bonds. The first-order valence-electron chi connectivity index (χ1n) is 6.07. The van der Waals surface area contributed by atoms with Crippen molar-refractivity contribution in [1.82, 2.24) is 19.6 Å². The molecule has 0 bridgehead atoms. The Morgan fingerprint density at radius 1 is 1.00 bits per heavy atom. The SMILES string of the molecule is CC.Cc1ccc2nc(-c3ccccn3)cn2n1. The number of rotatable bonds is 1. The van der Waals surface area contributed by atoms with Gasteiger partial charge < -0.3 is 0 Å². The van der Waals surface area contributed by atoms with Crippen LogP contribution in [-0.2, 0) is 0 Å². The zero-order chi connectivity index (χ0) is 13.0. The van der Waals surface area contributed by atoms with E-state index in [1.807, 2.05) is 57.3 Å². The van der Waals surface area contributed by atoms with Gasteiger partial charge in [-0.2, -0.15) is 5.10 Å². The van der Waals surface area contributed by atoms with Crippen LogP contribution < -0.4 is 0 Å². The molecule has 0 radical (unpaired) electrons. The number of hydrogen-bond acceptors (Lipinski definition) is 3. The molecule has 3 aromatic rings. The molecule has 92 valence electrons. The second-order valence-corrected chi connectivity index (χ2v) is 3.62. The molecular formula is C14H16N4. The van der Waals surface area contributed by atoms with Crippen molar-refractivity contribution in [1.29, 1.82) is 0 Å². The molecule has 0 unspecified atom stereocenters. The summed E-state index contributed by atoms with van der Waals surface area (Å²) in [6.07, 6.45) is 3.66. The Labute approximate surface area is 106 Å². The molecular weight excluding hydrogens is 224 g/mol. The van der Waals surface area contributed by atoms with E-state index in [1.165, 1.54) is 0 Å². The minimum Gasteiger partial charge on any atom is -0.255 e. The summed E-state index contributed by atoms with van der Waals surface area (Å²) in [5.74, 6) is 0. The van der Waals surface area contributed by atoms with Gasteiger partial charge in [0.15, 0.2) is 5.65 Å². The minimum absolute atomic E-state index is 0.839. The maximum atomic E-state index is 4.46. The fourth-order valence-corrected chi connectivity index (χ4v) is 1.62. The summed E-state index contributed by atoms with van der Waals surface area (Å²) in [5, 5.41) is 4.35. The highest BCUT2D eigenvalue weighted by Gasteiger charge is 2.05. The van der Waals surface area contributed by atoms with Crippen LogP contribution in [0.5, 0.6) is 0 Å². The van der Waals surface area contributed by atoms with Crippen LogP contribution in [-0.4, -0.2) is 19.6 Å². The number of hydrogen-bond donors (Lipinski definition) is 0. The zero-order valence-electron chi connectivity index (χ0n) is 10.8. The van der Waals surface area contributed by atoms with E-state index in [-0.39, 0.29) is 0 Å². The van der Waals surface area contributed by atoms with Gasteiger partial charge in [-0.25, -0.2) is 9.50 Å². The Bertz CT molecular complexity index is 629. The van der Waals surface area contributed by atoms with Crippen molar-refractivity contribution >= 4 is 5.65 Å². The fourth-order valence-electron chi connectivity index (χ4n) is 1.62. The molecule has 0 spiro atoms. The highest BCUT2D eigenvalue weighted by atomic mass is 15.2. The summed E-state index contributed by atoms with van der Waals surface area (Å²) in [6.45, 7) is 5.96. The first kappa shape index (κ1) is 12.2. The third kappa shape index (κ3) is 2.37. The molecule has 0 aromatic carbocycles. The average Bonchev–Trinajstić information content (AvgIpc) is 2.85. The van der Waals surface area contributed by atoms with E-state index in [4.69, 9.17) is 0 Å². The van der Waals surface area contributed by atoms with Crippen molar-refractivity contribution in [3.8, 4) is 11.4 Å². The predicted molar refractivity (Wildman–Crippen MR) is 72.3 cm³/mol. The van der Waals surface area contributed by atoms with Crippen LogP contribution in [0, 0.1) is 6.92 Å². The quantitative estimate of drug-likeness (QED) is 0.656. The summed E-state index contributed by atoms with van der Waals surface area (Å²) in [5.41, 5.74) is 3.52. The second-order valence-electron chi connectivity index (χ2n) is 3.62. The van der Waals surface area contributed by atoms with Crippen molar-refractivity contribution in [2.24, 2.45) is 0 Å². The number of nitrogens with zero attached hydrogens (tertiary/aromatic N) is 4. The van der Waals surface area contributed by atoms with Gasteiger partial charge in [-0.1, -0.05) is 19.9 Å². The van der Waals surface area contributed by atoms with E-state index in [2.05, 4.69) is 15.1 Å².